The molecule has 4 rings (SSSR count). The van der Waals surface area contributed by atoms with E-state index in [4.69, 9.17) is 4.74 Å². The number of benzene rings is 2. The van der Waals surface area contributed by atoms with Gasteiger partial charge in [-0.1, -0.05) is 18.2 Å². The third-order valence-corrected chi connectivity index (χ3v) is 5.11. The van der Waals surface area contributed by atoms with Crippen LogP contribution in [0.4, 0.5) is 5.69 Å². The number of nitrogens with zero attached hydrogens (tertiary/aromatic N) is 2. The molecule has 0 saturated carbocycles. The lowest BCUT2D eigenvalue weighted by Gasteiger charge is -2.26. The van der Waals surface area contributed by atoms with Gasteiger partial charge in [0.25, 0.3) is 5.91 Å². The van der Waals surface area contributed by atoms with Crippen molar-refractivity contribution in [3.8, 4) is 5.88 Å². The van der Waals surface area contributed by atoms with Crippen LogP contribution in [0.5, 0.6) is 5.88 Å². The lowest BCUT2D eigenvalue weighted by atomic mass is 9.99. The van der Waals surface area contributed by atoms with E-state index >= 15 is 0 Å². The van der Waals surface area contributed by atoms with Crippen molar-refractivity contribution in [3.63, 3.8) is 0 Å². The third-order valence-electron chi connectivity index (χ3n) is 5.11. The summed E-state index contributed by atoms with van der Waals surface area (Å²) in [5, 5.41) is 3.96. The fourth-order valence-corrected chi connectivity index (χ4v) is 3.55. The van der Waals surface area contributed by atoms with E-state index in [9.17, 15) is 9.59 Å². The number of fused-ring (bicyclic) bond motifs is 2. The second-order valence-corrected chi connectivity index (χ2v) is 6.82. The van der Waals surface area contributed by atoms with Gasteiger partial charge in [-0.2, -0.15) is 0 Å². The monoisotopic (exact) mass is 375 g/mol. The zero-order chi connectivity index (χ0) is 19.7. The van der Waals surface area contributed by atoms with Crippen molar-refractivity contribution < 1.29 is 14.3 Å². The van der Waals surface area contributed by atoms with E-state index in [1.165, 1.54) is 0 Å². The van der Waals surface area contributed by atoms with Crippen LogP contribution in [-0.2, 0) is 17.8 Å². The zero-order valence-electron chi connectivity index (χ0n) is 15.9. The number of carbonyl (C=O) groups is 2. The summed E-state index contributed by atoms with van der Waals surface area (Å²) >= 11 is 0. The standard InChI is InChI=1S/C22H21N3O3/c1-25-19-9-7-15(11-14(19)8-10-21(25)26)22(27)23-13-16-12-20(28-2)24-18-6-4-3-5-17(16)18/h3-7,9,11-12H,8,10,13H2,1-2H3,(H,23,27). The minimum absolute atomic E-state index is 0.100. The summed E-state index contributed by atoms with van der Waals surface area (Å²) in [6.07, 6.45) is 1.13. The minimum atomic E-state index is -0.151. The Morgan fingerprint density at radius 2 is 2.00 bits per heavy atom. The summed E-state index contributed by atoms with van der Waals surface area (Å²) in [4.78, 5) is 30.6. The molecule has 0 aliphatic carbocycles. The maximum atomic E-state index is 12.7. The Balaban J connectivity index is 1.56. The molecule has 1 aromatic heterocycles. The topological polar surface area (TPSA) is 71.5 Å². The quantitative estimate of drug-likeness (QED) is 0.761. The van der Waals surface area contributed by atoms with Gasteiger partial charge in [0.15, 0.2) is 0 Å². The first-order valence-corrected chi connectivity index (χ1v) is 9.17. The fraction of sp³-hybridized carbons (Fsp3) is 0.227. The molecule has 0 saturated heterocycles. The van der Waals surface area contributed by atoms with Crippen molar-refractivity contribution in [3.05, 3.63) is 65.2 Å². The molecule has 2 amide bonds. The van der Waals surface area contributed by atoms with Crippen molar-refractivity contribution in [2.75, 3.05) is 19.1 Å². The second kappa shape index (κ2) is 7.31. The van der Waals surface area contributed by atoms with Gasteiger partial charge in [-0.15, -0.1) is 0 Å². The summed E-state index contributed by atoms with van der Waals surface area (Å²) in [5.41, 5.74) is 4.25. The highest BCUT2D eigenvalue weighted by Gasteiger charge is 2.21. The van der Waals surface area contributed by atoms with Crippen LogP contribution in [0, 0.1) is 0 Å². The lowest BCUT2D eigenvalue weighted by molar-refractivity contribution is -0.118. The molecule has 0 radical (unpaired) electrons. The predicted molar refractivity (Wildman–Crippen MR) is 108 cm³/mol. The first-order valence-electron chi connectivity index (χ1n) is 9.17. The van der Waals surface area contributed by atoms with Crippen LogP contribution < -0.4 is 15.0 Å². The van der Waals surface area contributed by atoms with E-state index in [-0.39, 0.29) is 11.8 Å². The Bertz CT molecular complexity index is 1080. The fourth-order valence-electron chi connectivity index (χ4n) is 3.55. The van der Waals surface area contributed by atoms with Crippen molar-refractivity contribution in [2.45, 2.75) is 19.4 Å². The van der Waals surface area contributed by atoms with Crippen LogP contribution >= 0.6 is 0 Å². The van der Waals surface area contributed by atoms with E-state index in [0.29, 0.717) is 30.8 Å². The Morgan fingerprint density at radius 3 is 2.82 bits per heavy atom. The number of nitrogens with one attached hydrogen (secondary N) is 1. The number of ether oxygens (including phenoxy) is 1. The van der Waals surface area contributed by atoms with Crippen LogP contribution in [0.25, 0.3) is 10.9 Å². The maximum absolute atomic E-state index is 12.7. The number of carbonyl (C=O) groups excluding carboxylic acids is 2. The van der Waals surface area contributed by atoms with Gasteiger partial charge in [-0.25, -0.2) is 4.98 Å². The number of rotatable bonds is 4. The van der Waals surface area contributed by atoms with Gasteiger partial charge < -0.3 is 15.0 Å². The van der Waals surface area contributed by atoms with Crippen LogP contribution in [0.1, 0.15) is 27.9 Å². The number of hydrogen-bond donors (Lipinski definition) is 1. The highest BCUT2D eigenvalue weighted by atomic mass is 16.5. The van der Waals surface area contributed by atoms with Gasteiger partial charge in [0, 0.05) is 42.7 Å². The van der Waals surface area contributed by atoms with Gasteiger partial charge in [-0.05, 0) is 41.8 Å². The average molecular weight is 375 g/mol. The number of anilines is 1. The third kappa shape index (κ3) is 3.29. The zero-order valence-corrected chi connectivity index (χ0v) is 15.9. The summed E-state index contributed by atoms with van der Waals surface area (Å²) in [5.74, 6) is 0.467. The molecule has 1 N–H and O–H groups in total. The summed E-state index contributed by atoms with van der Waals surface area (Å²) in [6.45, 7) is 0.369. The van der Waals surface area contributed by atoms with Crippen LogP contribution in [0.2, 0.25) is 0 Å². The van der Waals surface area contributed by atoms with E-state index in [2.05, 4.69) is 10.3 Å². The Kier molecular flexibility index (Phi) is 4.69. The molecule has 0 bridgehead atoms. The number of hydrogen-bond acceptors (Lipinski definition) is 4. The maximum Gasteiger partial charge on any atom is 0.251 e. The molecule has 2 aromatic carbocycles. The molecule has 3 aromatic rings. The summed E-state index contributed by atoms with van der Waals surface area (Å²) < 4.78 is 5.28. The predicted octanol–water partition coefficient (Wildman–Crippen LogP) is 3.08. The number of methoxy groups -OCH3 is 1. The number of para-hydroxylation sites is 1. The number of amides is 2. The number of aromatic nitrogens is 1. The van der Waals surface area contributed by atoms with Gasteiger partial charge in [-0.3, -0.25) is 9.59 Å². The Labute approximate surface area is 163 Å². The van der Waals surface area contributed by atoms with Gasteiger partial charge in [0.2, 0.25) is 11.8 Å². The number of pyridine rings is 1. The molecule has 1 aliphatic rings. The molecule has 0 spiro atoms. The van der Waals surface area contributed by atoms with Gasteiger partial charge in [0.1, 0.15) is 0 Å². The molecule has 0 unspecified atom stereocenters. The van der Waals surface area contributed by atoms with E-state index in [1.54, 1.807) is 25.1 Å². The van der Waals surface area contributed by atoms with Crippen molar-refractivity contribution in [1.82, 2.24) is 10.3 Å². The first-order chi connectivity index (χ1) is 13.6. The van der Waals surface area contributed by atoms with Crippen molar-refractivity contribution in [2.24, 2.45) is 0 Å². The molecule has 28 heavy (non-hydrogen) atoms. The molecule has 142 valence electrons. The second-order valence-electron chi connectivity index (χ2n) is 6.82. The normalized spacial score (nSPS) is 13.4. The highest BCUT2D eigenvalue weighted by molar-refractivity contribution is 5.99. The molecule has 6 nitrogen and oxygen atoms in total. The molecular weight excluding hydrogens is 354 g/mol. The highest BCUT2D eigenvalue weighted by Crippen LogP contribution is 2.27. The minimum Gasteiger partial charge on any atom is -0.481 e. The van der Waals surface area contributed by atoms with Gasteiger partial charge >= 0.3 is 0 Å². The van der Waals surface area contributed by atoms with E-state index < -0.39 is 0 Å². The molecular formula is C22H21N3O3. The van der Waals surface area contributed by atoms with Gasteiger partial charge in [0.05, 0.1) is 12.6 Å². The van der Waals surface area contributed by atoms with Crippen molar-refractivity contribution in [1.29, 1.82) is 0 Å². The lowest BCUT2D eigenvalue weighted by Crippen LogP contribution is -2.31. The largest absolute Gasteiger partial charge is 0.481 e. The smallest absolute Gasteiger partial charge is 0.251 e. The summed E-state index contributed by atoms with van der Waals surface area (Å²) in [6, 6.07) is 15.1. The van der Waals surface area contributed by atoms with Crippen LogP contribution in [0.3, 0.4) is 0 Å². The van der Waals surface area contributed by atoms with Crippen LogP contribution in [0.15, 0.2) is 48.5 Å². The molecule has 0 atom stereocenters. The molecule has 2 heterocycles. The SMILES string of the molecule is COc1cc(CNC(=O)c2ccc3c(c2)CCC(=O)N3C)c2ccccc2n1. The summed E-state index contributed by atoms with van der Waals surface area (Å²) in [7, 11) is 3.34. The van der Waals surface area contributed by atoms with E-state index in [1.807, 2.05) is 42.5 Å². The van der Waals surface area contributed by atoms with E-state index in [0.717, 1.165) is 27.7 Å². The van der Waals surface area contributed by atoms with Crippen molar-refractivity contribution >= 4 is 28.4 Å². The number of aryl methyl sites for hydroxylation is 1. The molecule has 6 heteroatoms. The molecule has 0 fully saturated rings. The Hall–Kier alpha value is -3.41. The first kappa shape index (κ1) is 18.0. The Morgan fingerprint density at radius 1 is 1.18 bits per heavy atom. The van der Waals surface area contributed by atoms with Crippen LogP contribution in [-0.4, -0.2) is 31.0 Å². The molecule has 1 aliphatic heterocycles. The average Bonchev–Trinajstić information content (AvgIpc) is 2.73.